The Morgan fingerprint density at radius 1 is 1.32 bits per heavy atom. The Balaban J connectivity index is 1.90. The van der Waals surface area contributed by atoms with E-state index in [1.54, 1.807) is 6.92 Å². The van der Waals surface area contributed by atoms with Crippen molar-refractivity contribution in [3.63, 3.8) is 0 Å². The molecule has 1 aliphatic heterocycles. The van der Waals surface area contributed by atoms with Gasteiger partial charge in [-0.05, 0) is 39.0 Å². The summed E-state index contributed by atoms with van der Waals surface area (Å²) < 4.78 is 22.7. The van der Waals surface area contributed by atoms with Gasteiger partial charge in [-0.15, -0.1) is 0 Å². The molecule has 0 amide bonds. The van der Waals surface area contributed by atoms with Crippen molar-refractivity contribution in [2.75, 3.05) is 27.4 Å². The van der Waals surface area contributed by atoms with Crippen LogP contribution < -0.4 is 0 Å². The van der Waals surface area contributed by atoms with Gasteiger partial charge >= 0.3 is 11.9 Å². The van der Waals surface area contributed by atoms with Crippen molar-refractivity contribution in [1.82, 2.24) is 0 Å². The van der Waals surface area contributed by atoms with Crippen LogP contribution in [-0.2, 0) is 28.5 Å². The molecule has 0 bridgehead atoms. The molecule has 0 spiro atoms. The minimum Gasteiger partial charge on any atom is -0.512 e. The molecule has 0 aromatic heterocycles. The molecule has 2 fully saturated rings. The average Bonchev–Trinajstić information content (AvgIpc) is 2.75. The number of aliphatic hydroxyl groups is 2. The van der Waals surface area contributed by atoms with Crippen LogP contribution in [0.5, 0.6) is 0 Å². The molecule has 3 aliphatic carbocycles. The summed E-state index contributed by atoms with van der Waals surface area (Å²) in [5.74, 6) is -3.81. The van der Waals surface area contributed by atoms with Crippen LogP contribution in [0.4, 0.5) is 0 Å². The lowest BCUT2D eigenvalue weighted by molar-refractivity contribution is -0.376. The Labute approximate surface area is 182 Å². The van der Waals surface area contributed by atoms with Gasteiger partial charge in [0.2, 0.25) is 0 Å². The zero-order valence-electron chi connectivity index (χ0n) is 18.6. The minimum absolute atomic E-state index is 0.122. The second kappa shape index (κ2) is 7.60. The second-order valence-electron chi connectivity index (χ2n) is 9.16. The minimum atomic E-state index is -1.42. The molecule has 172 valence electrons. The van der Waals surface area contributed by atoms with Crippen molar-refractivity contribution in [3.8, 4) is 0 Å². The summed E-state index contributed by atoms with van der Waals surface area (Å²) in [5.41, 5.74) is -1.45. The van der Waals surface area contributed by atoms with Gasteiger partial charge in [0.15, 0.2) is 5.79 Å². The highest BCUT2D eigenvalue weighted by Gasteiger charge is 2.77. The Kier molecular flexibility index (Phi) is 5.47. The van der Waals surface area contributed by atoms with E-state index in [9.17, 15) is 19.8 Å². The van der Waals surface area contributed by atoms with Crippen molar-refractivity contribution in [2.45, 2.75) is 57.3 Å². The first-order chi connectivity index (χ1) is 14.7. The molecular weight excluding hydrogens is 404 g/mol. The summed E-state index contributed by atoms with van der Waals surface area (Å²) >= 11 is 0. The van der Waals surface area contributed by atoms with E-state index >= 15 is 0 Å². The van der Waals surface area contributed by atoms with Gasteiger partial charge in [-0.1, -0.05) is 11.6 Å². The molecule has 0 aromatic carbocycles. The molecule has 2 N–H and O–H groups in total. The van der Waals surface area contributed by atoms with Gasteiger partial charge in [0.25, 0.3) is 0 Å². The van der Waals surface area contributed by atoms with Gasteiger partial charge in [-0.3, -0.25) is 4.79 Å². The molecule has 31 heavy (non-hydrogen) atoms. The van der Waals surface area contributed by atoms with E-state index in [1.807, 2.05) is 6.92 Å². The number of allylic oxidation sites excluding steroid dienone is 2. The lowest BCUT2D eigenvalue weighted by atomic mass is 9.42. The highest BCUT2D eigenvalue weighted by molar-refractivity contribution is 5.89. The average molecular weight is 437 g/mol. The quantitative estimate of drug-likeness (QED) is 0.511. The first-order valence-electron chi connectivity index (χ1n) is 11.0. The van der Waals surface area contributed by atoms with Crippen molar-refractivity contribution in [2.24, 2.45) is 23.2 Å². The third kappa shape index (κ3) is 2.77. The van der Waals surface area contributed by atoms with E-state index in [2.05, 4.69) is 6.08 Å². The Morgan fingerprint density at radius 2 is 2.06 bits per heavy atom. The normalized spacial score (nSPS) is 41.6. The van der Waals surface area contributed by atoms with Crippen LogP contribution in [0.3, 0.4) is 0 Å². The molecule has 1 heterocycles. The number of carbonyl (C=O) groups is 2. The van der Waals surface area contributed by atoms with Crippen LogP contribution in [0.15, 0.2) is 23.0 Å². The lowest BCUT2D eigenvalue weighted by Gasteiger charge is -2.67. The number of rotatable bonds is 4. The van der Waals surface area contributed by atoms with Crippen molar-refractivity contribution in [1.29, 1.82) is 0 Å². The molecule has 4 rings (SSSR count). The van der Waals surface area contributed by atoms with Crippen LogP contribution in [0.25, 0.3) is 0 Å². The van der Waals surface area contributed by atoms with Crippen LogP contribution in [0.1, 0.15) is 46.0 Å². The smallest absolute Gasteiger partial charge is 0.337 e. The Hall–Kier alpha value is -1.90. The SMILES string of the molecule is CCOC(=O)C1=C(O)C[C@@]2(O)[C@@H](C1)C[C@@]1(OC)OCC[C@@H]3C(C)=CC[C@H]2[C@]31C(=O)OC. The molecule has 8 heteroatoms. The van der Waals surface area contributed by atoms with Crippen molar-refractivity contribution < 1.29 is 38.7 Å². The molecule has 1 saturated carbocycles. The van der Waals surface area contributed by atoms with Crippen LogP contribution >= 0.6 is 0 Å². The first kappa shape index (κ1) is 22.3. The largest absolute Gasteiger partial charge is 0.512 e. The number of esters is 2. The number of hydrogen-bond donors (Lipinski definition) is 2. The summed E-state index contributed by atoms with van der Waals surface area (Å²) in [7, 11) is 2.86. The maximum atomic E-state index is 13.5. The van der Waals surface area contributed by atoms with E-state index in [0.29, 0.717) is 19.4 Å². The molecule has 0 unspecified atom stereocenters. The molecular formula is C23H32O8. The molecule has 6 atom stereocenters. The maximum Gasteiger partial charge on any atom is 0.337 e. The molecule has 0 aromatic rings. The monoisotopic (exact) mass is 436 g/mol. The van der Waals surface area contributed by atoms with E-state index < -0.39 is 40.6 Å². The van der Waals surface area contributed by atoms with Gasteiger partial charge in [-0.25, -0.2) is 4.79 Å². The fraction of sp³-hybridized carbons (Fsp3) is 0.739. The zero-order valence-corrected chi connectivity index (χ0v) is 18.6. The zero-order chi connectivity index (χ0) is 22.6. The first-order valence-corrected chi connectivity index (χ1v) is 11.0. The van der Waals surface area contributed by atoms with Gasteiger partial charge in [0, 0.05) is 31.8 Å². The number of carbonyl (C=O) groups excluding carboxylic acids is 2. The fourth-order valence-electron chi connectivity index (χ4n) is 6.89. The maximum absolute atomic E-state index is 13.5. The summed E-state index contributed by atoms with van der Waals surface area (Å²) in [6.45, 7) is 4.29. The molecule has 4 aliphatic rings. The predicted molar refractivity (Wildman–Crippen MR) is 109 cm³/mol. The molecule has 0 radical (unpaired) electrons. The van der Waals surface area contributed by atoms with Crippen LogP contribution in [0.2, 0.25) is 0 Å². The Bertz CT molecular complexity index is 847. The topological polar surface area (TPSA) is 112 Å². The predicted octanol–water partition coefficient (Wildman–Crippen LogP) is 2.41. The highest BCUT2D eigenvalue weighted by atomic mass is 16.7. The lowest BCUT2D eigenvalue weighted by Crippen LogP contribution is -2.76. The summed E-state index contributed by atoms with van der Waals surface area (Å²) in [4.78, 5) is 26.0. The highest BCUT2D eigenvalue weighted by Crippen LogP contribution is 2.68. The standard InChI is InChI=1S/C23H32O8/c1-5-30-19(25)15-10-14-11-22(29-4)23(20(26)28-3)16(8-9-31-22)13(2)6-7-18(23)21(14,27)12-17(15)24/h6,14,16,18,24,27H,5,7-12H2,1-4H3/t14-,16+,18+,21+,22+,23-/m0/s1. The summed E-state index contributed by atoms with van der Waals surface area (Å²) in [5, 5.41) is 22.8. The number of fused-ring (bicyclic) bond motifs is 2. The van der Waals surface area contributed by atoms with Gasteiger partial charge in [0.1, 0.15) is 11.2 Å². The van der Waals surface area contributed by atoms with Crippen molar-refractivity contribution in [3.05, 3.63) is 23.0 Å². The van der Waals surface area contributed by atoms with Gasteiger partial charge in [-0.2, -0.15) is 0 Å². The number of ether oxygens (including phenoxy) is 4. The van der Waals surface area contributed by atoms with E-state index in [1.165, 1.54) is 14.2 Å². The van der Waals surface area contributed by atoms with Crippen LogP contribution in [-0.4, -0.2) is 61.0 Å². The second-order valence-corrected chi connectivity index (χ2v) is 9.16. The van der Waals surface area contributed by atoms with Gasteiger partial charge < -0.3 is 29.2 Å². The summed E-state index contributed by atoms with van der Waals surface area (Å²) in [6, 6.07) is 0. The molecule has 8 nitrogen and oxygen atoms in total. The number of hydrogen-bond acceptors (Lipinski definition) is 8. The van der Waals surface area contributed by atoms with Crippen molar-refractivity contribution >= 4 is 11.9 Å². The van der Waals surface area contributed by atoms with E-state index in [-0.39, 0.29) is 43.1 Å². The Morgan fingerprint density at radius 3 is 2.71 bits per heavy atom. The third-order valence-corrected chi connectivity index (χ3v) is 8.15. The van der Waals surface area contributed by atoms with Gasteiger partial charge in [0.05, 0.1) is 31.5 Å². The number of aliphatic hydroxyl groups excluding tert-OH is 1. The number of methoxy groups -OCH3 is 2. The molecule has 1 saturated heterocycles. The van der Waals surface area contributed by atoms with Crippen LogP contribution in [0, 0.1) is 23.2 Å². The fourth-order valence-corrected chi connectivity index (χ4v) is 6.89. The third-order valence-electron chi connectivity index (χ3n) is 8.15. The van der Waals surface area contributed by atoms with E-state index in [0.717, 1.165) is 5.57 Å². The van der Waals surface area contributed by atoms with E-state index in [4.69, 9.17) is 18.9 Å². The summed E-state index contributed by atoms with van der Waals surface area (Å²) in [6.07, 6.45) is 3.28.